The predicted molar refractivity (Wildman–Crippen MR) is 103 cm³/mol. The third-order valence-electron chi connectivity index (χ3n) is 4.49. The zero-order valence-electron chi connectivity index (χ0n) is 16.8. The Balaban J connectivity index is 2.02. The van der Waals surface area contributed by atoms with Gasteiger partial charge < -0.3 is 18.8 Å². The van der Waals surface area contributed by atoms with Gasteiger partial charge in [0.2, 0.25) is 5.78 Å². The fourth-order valence-electron chi connectivity index (χ4n) is 3.28. The lowest BCUT2D eigenvalue weighted by molar-refractivity contribution is -0.141. The Morgan fingerprint density at radius 3 is 2.33 bits per heavy atom. The molecule has 1 aromatic carbocycles. The number of Topliss-reactive ketones (excluding diaryl/α,β-unsaturated/α-hetero) is 1. The standard InChI is InChI=1S/C21H27NO5/c1-13(2)22-14(3)9-18(15(22)4)19(23)12-27-21(24)10-16-7-8-17(25-5)11-20(16)26-6/h7-9,11,13H,10,12H2,1-6H3. The van der Waals surface area contributed by atoms with Crippen molar-refractivity contribution in [3.63, 3.8) is 0 Å². The van der Waals surface area contributed by atoms with Crippen LogP contribution in [0.15, 0.2) is 24.3 Å². The zero-order chi connectivity index (χ0) is 20.1. The molecular weight excluding hydrogens is 346 g/mol. The Kier molecular flexibility index (Phi) is 6.66. The van der Waals surface area contributed by atoms with Gasteiger partial charge >= 0.3 is 5.97 Å². The van der Waals surface area contributed by atoms with Crippen molar-refractivity contribution in [2.24, 2.45) is 0 Å². The molecule has 0 bridgehead atoms. The maximum atomic E-state index is 12.5. The molecule has 6 nitrogen and oxygen atoms in total. The lowest BCUT2D eigenvalue weighted by Crippen LogP contribution is -2.17. The molecule has 1 heterocycles. The van der Waals surface area contributed by atoms with Crippen molar-refractivity contribution < 1.29 is 23.8 Å². The lowest BCUT2D eigenvalue weighted by atomic mass is 10.1. The van der Waals surface area contributed by atoms with Gasteiger partial charge in [0.25, 0.3) is 0 Å². The molecule has 0 N–H and O–H groups in total. The van der Waals surface area contributed by atoms with Crippen LogP contribution >= 0.6 is 0 Å². The van der Waals surface area contributed by atoms with E-state index in [-0.39, 0.29) is 24.9 Å². The number of hydrogen-bond donors (Lipinski definition) is 0. The fraction of sp³-hybridized carbons (Fsp3) is 0.429. The van der Waals surface area contributed by atoms with Crippen LogP contribution in [0, 0.1) is 13.8 Å². The highest BCUT2D eigenvalue weighted by Gasteiger charge is 2.19. The fourth-order valence-corrected chi connectivity index (χ4v) is 3.28. The van der Waals surface area contributed by atoms with Gasteiger partial charge in [-0.1, -0.05) is 6.07 Å². The van der Waals surface area contributed by atoms with Crippen LogP contribution < -0.4 is 9.47 Å². The normalized spacial score (nSPS) is 10.8. The molecule has 0 fully saturated rings. The van der Waals surface area contributed by atoms with Gasteiger partial charge in [-0.2, -0.15) is 0 Å². The summed E-state index contributed by atoms with van der Waals surface area (Å²) >= 11 is 0. The van der Waals surface area contributed by atoms with Gasteiger partial charge in [-0.3, -0.25) is 9.59 Å². The SMILES string of the molecule is COc1ccc(CC(=O)OCC(=O)c2cc(C)n(C(C)C)c2C)c(OC)c1. The highest BCUT2D eigenvalue weighted by molar-refractivity contribution is 5.99. The lowest BCUT2D eigenvalue weighted by Gasteiger charge is -2.13. The number of aromatic nitrogens is 1. The molecule has 27 heavy (non-hydrogen) atoms. The van der Waals surface area contributed by atoms with E-state index in [1.807, 2.05) is 19.9 Å². The quantitative estimate of drug-likeness (QED) is 0.522. The number of esters is 1. The van der Waals surface area contributed by atoms with Gasteiger partial charge in [0.05, 0.1) is 20.6 Å². The molecule has 0 atom stereocenters. The number of ketones is 1. The smallest absolute Gasteiger partial charge is 0.310 e. The van der Waals surface area contributed by atoms with Crippen LogP contribution in [0.1, 0.15) is 47.2 Å². The Morgan fingerprint density at radius 1 is 1.07 bits per heavy atom. The second kappa shape index (κ2) is 8.75. The van der Waals surface area contributed by atoms with E-state index in [2.05, 4.69) is 18.4 Å². The number of carbonyl (C=O) groups excluding carboxylic acids is 2. The number of aryl methyl sites for hydroxylation is 1. The van der Waals surface area contributed by atoms with Crippen molar-refractivity contribution in [2.45, 2.75) is 40.2 Å². The second-order valence-corrected chi connectivity index (χ2v) is 6.69. The molecule has 0 aliphatic heterocycles. The minimum absolute atomic E-state index is 0.0193. The minimum atomic E-state index is -0.482. The summed E-state index contributed by atoms with van der Waals surface area (Å²) in [5.41, 5.74) is 3.17. The monoisotopic (exact) mass is 373 g/mol. The number of methoxy groups -OCH3 is 2. The van der Waals surface area contributed by atoms with E-state index in [0.717, 1.165) is 11.4 Å². The molecule has 0 aliphatic rings. The highest BCUT2D eigenvalue weighted by Crippen LogP contribution is 2.25. The Labute approximate surface area is 160 Å². The topological polar surface area (TPSA) is 66.8 Å². The molecule has 146 valence electrons. The molecule has 6 heteroatoms. The summed E-state index contributed by atoms with van der Waals surface area (Å²) in [4.78, 5) is 24.7. The van der Waals surface area contributed by atoms with Crippen molar-refractivity contribution in [1.29, 1.82) is 0 Å². The zero-order valence-corrected chi connectivity index (χ0v) is 16.8. The molecule has 0 spiro atoms. The second-order valence-electron chi connectivity index (χ2n) is 6.69. The molecule has 0 saturated heterocycles. The van der Waals surface area contributed by atoms with Gasteiger partial charge in [0.15, 0.2) is 6.61 Å². The van der Waals surface area contributed by atoms with Gasteiger partial charge in [0, 0.05) is 34.6 Å². The largest absolute Gasteiger partial charge is 0.497 e. The Bertz CT molecular complexity index is 835. The number of nitrogens with zero attached hydrogens (tertiary/aromatic N) is 1. The number of ether oxygens (including phenoxy) is 3. The summed E-state index contributed by atoms with van der Waals surface area (Å²) in [5, 5.41) is 0. The maximum absolute atomic E-state index is 12.5. The van der Waals surface area contributed by atoms with Crippen LogP contribution in [0.3, 0.4) is 0 Å². The van der Waals surface area contributed by atoms with Gasteiger partial charge in [-0.05, 0) is 39.8 Å². The van der Waals surface area contributed by atoms with E-state index in [1.165, 1.54) is 7.11 Å². The summed E-state index contributed by atoms with van der Waals surface area (Å²) in [6.07, 6.45) is 0.0193. The predicted octanol–water partition coefficient (Wildman–Crippen LogP) is 3.67. The first kappa shape index (κ1) is 20.6. The highest BCUT2D eigenvalue weighted by atomic mass is 16.5. The van der Waals surface area contributed by atoms with Crippen LogP contribution in [-0.2, 0) is 16.0 Å². The van der Waals surface area contributed by atoms with E-state index < -0.39 is 5.97 Å². The molecule has 2 rings (SSSR count). The van der Waals surface area contributed by atoms with E-state index in [4.69, 9.17) is 14.2 Å². The molecule has 0 aliphatic carbocycles. The van der Waals surface area contributed by atoms with Crippen molar-refractivity contribution in [2.75, 3.05) is 20.8 Å². The number of benzene rings is 1. The summed E-state index contributed by atoms with van der Waals surface area (Å²) < 4.78 is 17.7. The number of hydrogen-bond acceptors (Lipinski definition) is 5. The summed E-state index contributed by atoms with van der Waals surface area (Å²) in [6.45, 7) is 7.72. The minimum Gasteiger partial charge on any atom is -0.497 e. The van der Waals surface area contributed by atoms with Gasteiger partial charge in [0.1, 0.15) is 11.5 Å². The Hall–Kier alpha value is -2.76. The van der Waals surface area contributed by atoms with Crippen molar-refractivity contribution in [3.05, 3.63) is 46.8 Å². The van der Waals surface area contributed by atoms with E-state index in [9.17, 15) is 9.59 Å². The van der Waals surface area contributed by atoms with Crippen molar-refractivity contribution >= 4 is 11.8 Å². The Morgan fingerprint density at radius 2 is 1.78 bits per heavy atom. The van der Waals surface area contributed by atoms with Crippen LogP contribution in [0.5, 0.6) is 11.5 Å². The third-order valence-corrected chi connectivity index (χ3v) is 4.49. The first-order valence-corrected chi connectivity index (χ1v) is 8.86. The van der Waals surface area contributed by atoms with Gasteiger partial charge in [-0.25, -0.2) is 0 Å². The van der Waals surface area contributed by atoms with E-state index in [1.54, 1.807) is 25.3 Å². The molecule has 0 saturated carbocycles. The van der Waals surface area contributed by atoms with Crippen LogP contribution in [0.4, 0.5) is 0 Å². The number of rotatable bonds is 8. The summed E-state index contributed by atoms with van der Waals surface area (Å²) in [5.74, 6) is 0.493. The average Bonchev–Trinajstić information content (AvgIpc) is 2.94. The van der Waals surface area contributed by atoms with Crippen LogP contribution in [0.2, 0.25) is 0 Å². The molecule has 0 unspecified atom stereocenters. The first-order valence-electron chi connectivity index (χ1n) is 8.86. The van der Waals surface area contributed by atoms with Crippen LogP contribution in [0.25, 0.3) is 0 Å². The third kappa shape index (κ3) is 4.70. The van der Waals surface area contributed by atoms with E-state index >= 15 is 0 Å². The maximum Gasteiger partial charge on any atom is 0.310 e. The number of carbonyl (C=O) groups is 2. The van der Waals surface area contributed by atoms with Crippen molar-refractivity contribution in [1.82, 2.24) is 4.57 Å². The molecular formula is C21H27NO5. The molecule has 2 aromatic rings. The summed E-state index contributed by atoms with van der Waals surface area (Å²) in [6, 6.07) is 7.30. The van der Waals surface area contributed by atoms with Gasteiger partial charge in [-0.15, -0.1) is 0 Å². The van der Waals surface area contributed by atoms with Crippen molar-refractivity contribution in [3.8, 4) is 11.5 Å². The summed E-state index contributed by atoms with van der Waals surface area (Å²) in [7, 11) is 3.09. The van der Waals surface area contributed by atoms with E-state index in [0.29, 0.717) is 22.6 Å². The average molecular weight is 373 g/mol. The van der Waals surface area contributed by atoms with Crippen LogP contribution in [-0.4, -0.2) is 37.1 Å². The molecule has 1 aromatic heterocycles. The molecule has 0 radical (unpaired) electrons. The first-order chi connectivity index (χ1) is 12.8. The molecule has 0 amide bonds.